The Bertz CT molecular complexity index is 579. The van der Waals surface area contributed by atoms with Gasteiger partial charge in [0.15, 0.2) is 6.61 Å². The van der Waals surface area contributed by atoms with E-state index in [-0.39, 0.29) is 25.2 Å². The second-order valence-corrected chi connectivity index (χ2v) is 4.65. The lowest BCUT2D eigenvalue weighted by molar-refractivity contribution is -0.124. The number of rotatable bonds is 6. The highest BCUT2D eigenvalue weighted by atomic mass is 16.5. The minimum Gasteiger partial charge on any atom is -0.484 e. The van der Waals surface area contributed by atoms with Crippen LogP contribution in [0.3, 0.4) is 0 Å². The molecule has 0 unspecified atom stereocenters. The Labute approximate surface area is 118 Å². The van der Waals surface area contributed by atoms with Gasteiger partial charge in [0, 0.05) is 0 Å². The van der Waals surface area contributed by atoms with Gasteiger partial charge in [-0.2, -0.15) is 0 Å². The highest BCUT2D eigenvalue weighted by Crippen LogP contribution is 2.20. The highest BCUT2D eigenvalue weighted by molar-refractivity contribution is 5.84. The summed E-state index contributed by atoms with van der Waals surface area (Å²) in [6, 6.07) is 13.5. The van der Waals surface area contributed by atoms with Crippen LogP contribution in [0.2, 0.25) is 0 Å². The summed E-state index contributed by atoms with van der Waals surface area (Å²) in [4.78, 5) is 11.7. The molecule has 0 radical (unpaired) electrons. The zero-order valence-electron chi connectivity index (χ0n) is 11.5. The van der Waals surface area contributed by atoms with E-state index in [1.807, 2.05) is 49.4 Å². The number of aliphatic hydroxyl groups excluding tert-OH is 1. The molecule has 0 saturated carbocycles. The van der Waals surface area contributed by atoms with Crippen LogP contribution in [-0.4, -0.2) is 30.3 Å². The average Bonchev–Trinajstić information content (AvgIpc) is 2.50. The van der Waals surface area contributed by atoms with Crippen LogP contribution < -0.4 is 10.1 Å². The molecule has 0 saturated heterocycles. The van der Waals surface area contributed by atoms with Crippen molar-refractivity contribution in [1.29, 1.82) is 0 Å². The van der Waals surface area contributed by atoms with Gasteiger partial charge in [-0.15, -0.1) is 0 Å². The van der Waals surface area contributed by atoms with Gasteiger partial charge in [-0.1, -0.05) is 37.3 Å². The first kappa shape index (κ1) is 14.3. The lowest BCUT2D eigenvalue weighted by Gasteiger charge is -2.14. The van der Waals surface area contributed by atoms with Crippen molar-refractivity contribution in [2.45, 2.75) is 19.4 Å². The molecule has 2 rings (SSSR count). The van der Waals surface area contributed by atoms with E-state index < -0.39 is 0 Å². The van der Waals surface area contributed by atoms with Gasteiger partial charge in [-0.25, -0.2) is 0 Å². The van der Waals surface area contributed by atoms with Gasteiger partial charge in [0.2, 0.25) is 0 Å². The molecule has 2 N–H and O–H groups in total. The third-order valence-corrected chi connectivity index (χ3v) is 3.17. The number of nitrogens with one attached hydrogen (secondary N) is 1. The van der Waals surface area contributed by atoms with Gasteiger partial charge in [0.1, 0.15) is 5.75 Å². The largest absolute Gasteiger partial charge is 0.484 e. The van der Waals surface area contributed by atoms with Gasteiger partial charge in [-0.05, 0) is 29.3 Å². The van der Waals surface area contributed by atoms with Gasteiger partial charge in [0.05, 0.1) is 12.6 Å². The van der Waals surface area contributed by atoms with E-state index in [0.29, 0.717) is 12.2 Å². The Morgan fingerprint density at radius 2 is 2.00 bits per heavy atom. The van der Waals surface area contributed by atoms with E-state index in [1.54, 1.807) is 0 Å². The fraction of sp³-hybridized carbons (Fsp3) is 0.312. The van der Waals surface area contributed by atoms with Crippen LogP contribution in [0, 0.1) is 0 Å². The summed E-state index contributed by atoms with van der Waals surface area (Å²) in [7, 11) is 0. The average molecular weight is 273 g/mol. The second kappa shape index (κ2) is 6.91. The summed E-state index contributed by atoms with van der Waals surface area (Å²) >= 11 is 0. The summed E-state index contributed by atoms with van der Waals surface area (Å²) in [5, 5.41) is 13.9. The minimum absolute atomic E-state index is 0.0468. The molecule has 0 aliphatic carbocycles. The third kappa shape index (κ3) is 3.71. The molecule has 2 aromatic carbocycles. The highest BCUT2D eigenvalue weighted by Gasteiger charge is 2.09. The SMILES string of the molecule is CC[C@@H](CO)NC(=O)COc1ccc2ccccc2c1. The molecule has 4 heteroatoms. The number of hydrogen-bond donors (Lipinski definition) is 2. The van der Waals surface area contributed by atoms with E-state index in [9.17, 15) is 4.79 Å². The maximum atomic E-state index is 11.7. The number of benzene rings is 2. The summed E-state index contributed by atoms with van der Waals surface area (Å²) < 4.78 is 5.47. The summed E-state index contributed by atoms with van der Waals surface area (Å²) in [5.41, 5.74) is 0. The van der Waals surface area contributed by atoms with Crippen LogP contribution in [0.15, 0.2) is 42.5 Å². The molecule has 0 bridgehead atoms. The quantitative estimate of drug-likeness (QED) is 0.847. The number of amides is 1. The van der Waals surface area contributed by atoms with Gasteiger partial charge < -0.3 is 15.2 Å². The smallest absolute Gasteiger partial charge is 0.258 e. The van der Waals surface area contributed by atoms with Crippen molar-refractivity contribution in [3.05, 3.63) is 42.5 Å². The van der Waals surface area contributed by atoms with Crippen molar-refractivity contribution in [2.75, 3.05) is 13.2 Å². The van der Waals surface area contributed by atoms with E-state index >= 15 is 0 Å². The molecule has 0 aliphatic rings. The predicted octanol–water partition coefficient (Wildman–Crippen LogP) is 2.11. The molecule has 0 spiro atoms. The van der Waals surface area contributed by atoms with Crippen molar-refractivity contribution < 1.29 is 14.6 Å². The Kier molecular flexibility index (Phi) is 4.96. The van der Waals surface area contributed by atoms with Gasteiger partial charge >= 0.3 is 0 Å². The van der Waals surface area contributed by atoms with Crippen LogP contribution in [0.5, 0.6) is 5.75 Å². The Morgan fingerprint density at radius 1 is 1.25 bits per heavy atom. The Hall–Kier alpha value is -2.07. The van der Waals surface area contributed by atoms with Gasteiger partial charge in [-0.3, -0.25) is 4.79 Å². The maximum Gasteiger partial charge on any atom is 0.258 e. The van der Waals surface area contributed by atoms with E-state index in [0.717, 1.165) is 10.8 Å². The standard InChI is InChI=1S/C16H19NO3/c1-2-14(10-18)17-16(19)11-20-15-8-7-12-5-3-4-6-13(12)9-15/h3-9,14,18H,2,10-11H2,1H3,(H,17,19)/t14-/m0/s1. The number of hydrogen-bond acceptors (Lipinski definition) is 3. The monoisotopic (exact) mass is 273 g/mol. The van der Waals surface area contributed by atoms with Crippen LogP contribution in [0.25, 0.3) is 10.8 Å². The third-order valence-electron chi connectivity index (χ3n) is 3.17. The van der Waals surface area contributed by atoms with Crippen LogP contribution >= 0.6 is 0 Å². The molecular formula is C16H19NO3. The zero-order valence-corrected chi connectivity index (χ0v) is 11.5. The number of aliphatic hydroxyl groups is 1. The van der Waals surface area contributed by atoms with Crippen LogP contribution in [-0.2, 0) is 4.79 Å². The lowest BCUT2D eigenvalue weighted by Crippen LogP contribution is -2.39. The topological polar surface area (TPSA) is 58.6 Å². The summed E-state index contributed by atoms with van der Waals surface area (Å²) in [6.45, 7) is 1.80. The predicted molar refractivity (Wildman–Crippen MR) is 78.8 cm³/mol. The van der Waals surface area contributed by atoms with Crippen LogP contribution in [0.1, 0.15) is 13.3 Å². The zero-order chi connectivity index (χ0) is 14.4. The fourth-order valence-electron chi connectivity index (χ4n) is 1.95. The first-order chi connectivity index (χ1) is 9.72. The summed E-state index contributed by atoms with van der Waals surface area (Å²) in [6.07, 6.45) is 0.693. The van der Waals surface area contributed by atoms with E-state index in [4.69, 9.17) is 9.84 Å². The second-order valence-electron chi connectivity index (χ2n) is 4.65. The van der Waals surface area contributed by atoms with E-state index in [2.05, 4.69) is 5.32 Å². The molecule has 20 heavy (non-hydrogen) atoms. The molecule has 106 valence electrons. The molecule has 2 aromatic rings. The molecule has 0 heterocycles. The van der Waals surface area contributed by atoms with Crippen molar-refractivity contribution in [1.82, 2.24) is 5.32 Å². The number of fused-ring (bicyclic) bond motifs is 1. The fourth-order valence-corrected chi connectivity index (χ4v) is 1.95. The number of carbonyl (C=O) groups is 1. The molecule has 4 nitrogen and oxygen atoms in total. The molecule has 1 atom stereocenters. The van der Waals surface area contributed by atoms with Crippen molar-refractivity contribution in [3.8, 4) is 5.75 Å². The normalized spacial score (nSPS) is 12.1. The van der Waals surface area contributed by atoms with Crippen molar-refractivity contribution in [2.24, 2.45) is 0 Å². The van der Waals surface area contributed by atoms with Gasteiger partial charge in [0.25, 0.3) is 5.91 Å². The first-order valence-electron chi connectivity index (χ1n) is 6.74. The Balaban J connectivity index is 1.93. The molecule has 1 amide bonds. The minimum atomic E-state index is -0.223. The van der Waals surface area contributed by atoms with Crippen LogP contribution in [0.4, 0.5) is 0 Å². The lowest BCUT2D eigenvalue weighted by atomic mass is 10.1. The first-order valence-corrected chi connectivity index (χ1v) is 6.74. The van der Waals surface area contributed by atoms with Crippen molar-refractivity contribution in [3.63, 3.8) is 0 Å². The molecule has 0 aromatic heterocycles. The molecule has 0 fully saturated rings. The number of ether oxygens (including phenoxy) is 1. The van der Waals surface area contributed by atoms with E-state index in [1.165, 1.54) is 0 Å². The molecule has 0 aliphatic heterocycles. The van der Waals surface area contributed by atoms with Crippen molar-refractivity contribution >= 4 is 16.7 Å². The Morgan fingerprint density at radius 3 is 2.70 bits per heavy atom. The maximum absolute atomic E-state index is 11.7. The summed E-state index contributed by atoms with van der Waals surface area (Å²) in [5.74, 6) is 0.440. The number of carbonyl (C=O) groups excluding carboxylic acids is 1. The molecular weight excluding hydrogens is 254 g/mol.